The van der Waals surface area contributed by atoms with Crippen LogP contribution in [0.15, 0.2) is 34.8 Å². The van der Waals surface area contributed by atoms with Crippen LogP contribution in [0.1, 0.15) is 28.2 Å². The molecule has 0 saturated carbocycles. The fourth-order valence-electron chi connectivity index (χ4n) is 3.31. The number of amides is 1. The van der Waals surface area contributed by atoms with Crippen LogP contribution in [0, 0.1) is 13.8 Å². The van der Waals surface area contributed by atoms with Gasteiger partial charge in [-0.3, -0.25) is 4.79 Å². The molecule has 0 aliphatic carbocycles. The fourth-order valence-corrected chi connectivity index (χ4v) is 3.77. The largest absolute Gasteiger partial charge is 0.337 e. The Hall–Kier alpha value is -1.59. The number of nitrogens with zero attached hydrogens (tertiary/aromatic N) is 2. The summed E-state index contributed by atoms with van der Waals surface area (Å²) in [5.74, 6) is 0.102. The third-order valence-electron chi connectivity index (χ3n) is 4.66. The first-order chi connectivity index (χ1) is 11.0. The highest BCUT2D eigenvalue weighted by atomic mass is 79.9. The summed E-state index contributed by atoms with van der Waals surface area (Å²) in [5.41, 5.74) is 3.90. The van der Waals surface area contributed by atoms with Gasteiger partial charge in [0.1, 0.15) is 0 Å². The van der Waals surface area contributed by atoms with Crippen molar-refractivity contribution in [2.24, 2.45) is 0 Å². The van der Waals surface area contributed by atoms with Crippen molar-refractivity contribution in [3.05, 3.63) is 51.8 Å². The van der Waals surface area contributed by atoms with Crippen LogP contribution < -0.4 is 5.32 Å². The summed E-state index contributed by atoms with van der Waals surface area (Å²) in [6.45, 7) is 5.92. The molecule has 5 heteroatoms. The van der Waals surface area contributed by atoms with E-state index < -0.39 is 0 Å². The Morgan fingerprint density at radius 3 is 2.74 bits per heavy atom. The normalized spacial score (nSPS) is 17.5. The molecule has 1 saturated heterocycles. The molecule has 2 heterocycles. The van der Waals surface area contributed by atoms with Crippen LogP contribution in [-0.4, -0.2) is 41.6 Å². The van der Waals surface area contributed by atoms with Gasteiger partial charge >= 0.3 is 0 Å². The SMILES string of the molecule is Cc1cc(C(=O)N(C)C2CCNC2)c(C)n1-c1ccccc1Br. The number of hydrogen-bond donors (Lipinski definition) is 1. The van der Waals surface area contributed by atoms with Crippen molar-refractivity contribution >= 4 is 21.8 Å². The molecular formula is C18H22BrN3O. The minimum absolute atomic E-state index is 0.102. The number of likely N-dealkylation sites (N-methyl/N-ethyl adjacent to an activating group) is 1. The van der Waals surface area contributed by atoms with E-state index in [9.17, 15) is 4.79 Å². The van der Waals surface area contributed by atoms with Gasteiger partial charge in [0.2, 0.25) is 0 Å². The van der Waals surface area contributed by atoms with Crippen LogP contribution in [0.5, 0.6) is 0 Å². The van der Waals surface area contributed by atoms with Crippen LogP contribution in [-0.2, 0) is 0 Å². The summed E-state index contributed by atoms with van der Waals surface area (Å²) in [6, 6.07) is 10.4. The number of carbonyl (C=O) groups is 1. The molecule has 1 atom stereocenters. The van der Waals surface area contributed by atoms with Crippen molar-refractivity contribution in [2.75, 3.05) is 20.1 Å². The van der Waals surface area contributed by atoms with Crippen LogP contribution in [0.4, 0.5) is 0 Å². The number of rotatable bonds is 3. The van der Waals surface area contributed by atoms with Gasteiger partial charge in [0.25, 0.3) is 5.91 Å². The molecule has 0 spiro atoms. The van der Waals surface area contributed by atoms with Gasteiger partial charge in [-0.2, -0.15) is 0 Å². The van der Waals surface area contributed by atoms with E-state index in [0.717, 1.165) is 46.6 Å². The Morgan fingerprint density at radius 1 is 1.35 bits per heavy atom. The molecule has 1 N–H and O–H groups in total. The zero-order valence-electron chi connectivity index (χ0n) is 13.8. The zero-order valence-corrected chi connectivity index (χ0v) is 15.4. The molecule has 23 heavy (non-hydrogen) atoms. The fraction of sp³-hybridized carbons (Fsp3) is 0.389. The molecule has 0 bridgehead atoms. The number of aryl methyl sites for hydroxylation is 1. The lowest BCUT2D eigenvalue weighted by atomic mass is 10.1. The van der Waals surface area contributed by atoms with E-state index in [1.54, 1.807) is 0 Å². The van der Waals surface area contributed by atoms with Gasteiger partial charge in [-0.15, -0.1) is 0 Å². The summed E-state index contributed by atoms with van der Waals surface area (Å²) in [6.07, 6.45) is 1.02. The number of nitrogens with one attached hydrogen (secondary N) is 1. The number of aromatic nitrogens is 1. The lowest BCUT2D eigenvalue weighted by Gasteiger charge is -2.24. The average Bonchev–Trinajstić information content (AvgIpc) is 3.16. The van der Waals surface area contributed by atoms with Gasteiger partial charge in [0.15, 0.2) is 0 Å². The monoisotopic (exact) mass is 375 g/mol. The Balaban J connectivity index is 1.98. The number of carbonyl (C=O) groups excluding carboxylic acids is 1. The third kappa shape index (κ3) is 2.95. The standard InChI is InChI=1S/C18H22BrN3O/c1-12-10-15(18(23)21(3)14-8-9-20-11-14)13(2)22(12)17-7-5-4-6-16(17)19/h4-7,10,14,20H,8-9,11H2,1-3H3. The first kappa shape index (κ1) is 16.3. The van der Waals surface area contributed by atoms with E-state index in [0.29, 0.717) is 0 Å². The van der Waals surface area contributed by atoms with Crippen LogP contribution >= 0.6 is 15.9 Å². The topological polar surface area (TPSA) is 37.3 Å². The maximum atomic E-state index is 12.9. The van der Waals surface area contributed by atoms with E-state index in [-0.39, 0.29) is 11.9 Å². The third-order valence-corrected chi connectivity index (χ3v) is 5.33. The Bertz CT molecular complexity index is 732. The highest BCUT2D eigenvalue weighted by Gasteiger charge is 2.27. The highest BCUT2D eigenvalue weighted by Crippen LogP contribution is 2.27. The molecule has 1 aliphatic rings. The Morgan fingerprint density at radius 2 is 2.09 bits per heavy atom. The zero-order chi connectivity index (χ0) is 16.6. The quantitative estimate of drug-likeness (QED) is 0.893. The van der Waals surface area contributed by atoms with E-state index in [1.165, 1.54) is 0 Å². The first-order valence-corrected chi connectivity index (χ1v) is 8.71. The average molecular weight is 376 g/mol. The molecule has 1 unspecified atom stereocenters. The summed E-state index contributed by atoms with van der Waals surface area (Å²) in [4.78, 5) is 14.8. The predicted octanol–water partition coefficient (Wildman–Crippen LogP) is 3.29. The van der Waals surface area contributed by atoms with Gasteiger partial charge < -0.3 is 14.8 Å². The Labute approximate surface area is 145 Å². The summed E-state index contributed by atoms with van der Waals surface area (Å²) in [7, 11) is 1.91. The molecule has 1 aromatic carbocycles. The van der Waals surface area contributed by atoms with Crippen molar-refractivity contribution < 1.29 is 4.79 Å². The van der Waals surface area contributed by atoms with E-state index in [1.807, 2.05) is 50.1 Å². The van der Waals surface area contributed by atoms with E-state index in [4.69, 9.17) is 0 Å². The number of para-hydroxylation sites is 1. The second kappa shape index (κ2) is 6.49. The maximum Gasteiger partial charge on any atom is 0.255 e. The molecule has 1 amide bonds. The predicted molar refractivity (Wildman–Crippen MR) is 96.3 cm³/mol. The van der Waals surface area contributed by atoms with Crippen LogP contribution in [0.25, 0.3) is 5.69 Å². The maximum absolute atomic E-state index is 12.9. The van der Waals surface area contributed by atoms with Gasteiger partial charge in [-0.25, -0.2) is 0 Å². The van der Waals surface area contributed by atoms with Crippen molar-refractivity contribution in [1.82, 2.24) is 14.8 Å². The second-order valence-electron chi connectivity index (χ2n) is 6.13. The number of hydrogen-bond acceptors (Lipinski definition) is 2. The molecule has 1 aliphatic heterocycles. The van der Waals surface area contributed by atoms with Crippen molar-refractivity contribution in [3.63, 3.8) is 0 Å². The van der Waals surface area contributed by atoms with Crippen molar-refractivity contribution in [2.45, 2.75) is 26.3 Å². The smallest absolute Gasteiger partial charge is 0.255 e. The molecule has 0 radical (unpaired) electrons. The summed E-state index contributed by atoms with van der Waals surface area (Å²) >= 11 is 3.61. The van der Waals surface area contributed by atoms with Gasteiger partial charge in [0.05, 0.1) is 11.3 Å². The highest BCUT2D eigenvalue weighted by molar-refractivity contribution is 9.10. The minimum Gasteiger partial charge on any atom is -0.337 e. The lowest BCUT2D eigenvalue weighted by molar-refractivity contribution is 0.0743. The van der Waals surface area contributed by atoms with Gasteiger partial charge in [-0.05, 0) is 60.9 Å². The first-order valence-electron chi connectivity index (χ1n) is 7.92. The number of benzene rings is 1. The molecule has 1 aromatic heterocycles. The second-order valence-corrected chi connectivity index (χ2v) is 6.99. The van der Waals surface area contributed by atoms with E-state index in [2.05, 4.69) is 31.9 Å². The lowest BCUT2D eigenvalue weighted by Crippen LogP contribution is -2.38. The van der Waals surface area contributed by atoms with Crippen molar-refractivity contribution in [3.8, 4) is 5.69 Å². The molecule has 4 nitrogen and oxygen atoms in total. The minimum atomic E-state index is 0.102. The molecule has 2 aromatic rings. The number of halogens is 1. The van der Waals surface area contributed by atoms with Crippen molar-refractivity contribution in [1.29, 1.82) is 0 Å². The summed E-state index contributed by atoms with van der Waals surface area (Å²) < 4.78 is 3.16. The van der Waals surface area contributed by atoms with Gasteiger partial charge in [0, 0.05) is 35.5 Å². The molecule has 122 valence electrons. The molecular weight excluding hydrogens is 354 g/mol. The summed E-state index contributed by atoms with van der Waals surface area (Å²) in [5, 5.41) is 3.32. The molecule has 1 fully saturated rings. The van der Waals surface area contributed by atoms with E-state index >= 15 is 0 Å². The molecule has 3 rings (SSSR count). The van der Waals surface area contributed by atoms with Gasteiger partial charge in [-0.1, -0.05) is 12.1 Å². The Kier molecular flexibility index (Phi) is 4.60. The van der Waals surface area contributed by atoms with Crippen LogP contribution in [0.3, 0.4) is 0 Å². The van der Waals surface area contributed by atoms with Crippen LogP contribution in [0.2, 0.25) is 0 Å².